The molecule has 0 heterocycles. The second kappa shape index (κ2) is 6.17. The lowest BCUT2D eigenvalue weighted by atomic mass is 10.00. The highest BCUT2D eigenvalue weighted by Gasteiger charge is 2.18. The quantitative estimate of drug-likeness (QED) is 0.629. The molecule has 1 nitrogen and oxygen atoms in total. The van der Waals surface area contributed by atoms with Crippen molar-refractivity contribution < 1.29 is 4.74 Å². The Labute approximate surface area is 131 Å². The normalized spacial score (nSPS) is 12.3. The van der Waals surface area contributed by atoms with E-state index < -0.39 is 0 Å². The molecule has 0 N–H and O–H groups in total. The monoisotopic (exact) mass is 358 g/mol. The zero-order valence-corrected chi connectivity index (χ0v) is 13.7. The number of hydrogen-bond donors (Lipinski definition) is 0. The minimum Gasteiger partial charge on any atom is -0.496 e. The maximum absolute atomic E-state index is 6.08. The third-order valence-corrected chi connectivity index (χ3v) is 4.44. The summed E-state index contributed by atoms with van der Waals surface area (Å²) in [7, 11) is 1.65. The maximum Gasteiger partial charge on any atom is 0.123 e. The largest absolute Gasteiger partial charge is 0.496 e. The van der Waals surface area contributed by atoms with E-state index in [-0.39, 0.29) is 4.83 Å². The van der Waals surface area contributed by atoms with Gasteiger partial charge in [-0.05, 0) is 48.4 Å². The Hall–Kier alpha value is -0.700. The fourth-order valence-corrected chi connectivity index (χ4v) is 3.17. The van der Waals surface area contributed by atoms with E-state index in [9.17, 15) is 0 Å². The average molecular weight is 360 g/mol. The van der Waals surface area contributed by atoms with Gasteiger partial charge in [0.2, 0.25) is 0 Å². The molecule has 4 heteroatoms. The molecule has 2 rings (SSSR count). The van der Waals surface area contributed by atoms with Crippen LogP contribution in [0.3, 0.4) is 0 Å². The van der Waals surface area contributed by atoms with Crippen molar-refractivity contribution in [1.29, 1.82) is 0 Å². The zero-order valence-electron chi connectivity index (χ0n) is 10.6. The predicted octanol–water partition coefficient (Wildman–Crippen LogP) is 5.79. The van der Waals surface area contributed by atoms with Gasteiger partial charge in [0.1, 0.15) is 5.75 Å². The first kappa shape index (κ1) is 14.7. The first-order chi connectivity index (χ1) is 9.02. The van der Waals surface area contributed by atoms with Gasteiger partial charge in [-0.2, -0.15) is 0 Å². The van der Waals surface area contributed by atoms with Gasteiger partial charge in [-0.3, -0.25) is 0 Å². The van der Waals surface area contributed by atoms with Gasteiger partial charge in [-0.1, -0.05) is 45.2 Å². The fraction of sp³-hybridized carbons (Fsp3) is 0.200. The number of hydrogen-bond acceptors (Lipinski definition) is 1. The average Bonchev–Trinajstić information content (AvgIpc) is 2.40. The molecular weight excluding hydrogens is 347 g/mol. The zero-order chi connectivity index (χ0) is 14.0. The van der Waals surface area contributed by atoms with Crippen LogP contribution in [0.15, 0.2) is 36.4 Å². The van der Waals surface area contributed by atoms with Crippen LogP contribution in [-0.4, -0.2) is 7.11 Å². The molecule has 2 aromatic rings. The predicted molar refractivity (Wildman–Crippen MR) is 85.0 cm³/mol. The molecule has 1 atom stereocenters. The minimum atomic E-state index is -0.0140. The molecule has 0 amide bonds. The SMILES string of the molecule is COc1ccc(Cl)cc1C(Br)c1cc(Cl)ccc1C. The highest BCUT2D eigenvalue weighted by molar-refractivity contribution is 9.09. The first-order valence-corrected chi connectivity index (χ1v) is 7.43. The molecule has 0 aliphatic heterocycles. The lowest BCUT2D eigenvalue weighted by molar-refractivity contribution is 0.410. The number of halogens is 3. The topological polar surface area (TPSA) is 9.23 Å². The van der Waals surface area contributed by atoms with Crippen LogP contribution in [0.4, 0.5) is 0 Å². The van der Waals surface area contributed by atoms with Crippen LogP contribution >= 0.6 is 39.1 Å². The molecule has 0 saturated carbocycles. The number of alkyl halides is 1. The summed E-state index contributed by atoms with van der Waals surface area (Å²) < 4.78 is 5.39. The Bertz CT molecular complexity index is 599. The van der Waals surface area contributed by atoms with Crippen LogP contribution < -0.4 is 4.74 Å². The van der Waals surface area contributed by atoms with E-state index in [1.165, 1.54) is 0 Å². The second-order valence-corrected chi connectivity index (χ2v) is 6.04. The van der Waals surface area contributed by atoms with Crippen molar-refractivity contribution in [2.45, 2.75) is 11.8 Å². The van der Waals surface area contributed by atoms with E-state index in [1.54, 1.807) is 7.11 Å². The number of benzene rings is 2. The van der Waals surface area contributed by atoms with E-state index in [1.807, 2.05) is 36.4 Å². The lowest BCUT2D eigenvalue weighted by Gasteiger charge is -2.17. The molecule has 0 radical (unpaired) electrons. The highest BCUT2D eigenvalue weighted by atomic mass is 79.9. The standard InChI is InChI=1S/C15H13BrCl2O/c1-9-3-4-10(17)7-12(9)15(16)13-8-11(18)5-6-14(13)19-2/h3-8,15H,1-2H3. The summed E-state index contributed by atoms with van der Waals surface area (Å²) in [5.41, 5.74) is 3.25. The molecule has 0 aliphatic rings. The first-order valence-electron chi connectivity index (χ1n) is 5.76. The van der Waals surface area contributed by atoms with Gasteiger partial charge >= 0.3 is 0 Å². The van der Waals surface area contributed by atoms with Crippen molar-refractivity contribution in [2.24, 2.45) is 0 Å². The number of methoxy groups -OCH3 is 1. The van der Waals surface area contributed by atoms with Crippen LogP contribution in [0.25, 0.3) is 0 Å². The summed E-state index contributed by atoms with van der Waals surface area (Å²) in [6.07, 6.45) is 0. The van der Waals surface area contributed by atoms with Gasteiger partial charge in [0.15, 0.2) is 0 Å². The Morgan fingerprint density at radius 3 is 2.21 bits per heavy atom. The molecule has 100 valence electrons. The number of rotatable bonds is 3. The van der Waals surface area contributed by atoms with Gasteiger partial charge < -0.3 is 4.74 Å². The highest BCUT2D eigenvalue weighted by Crippen LogP contribution is 2.39. The van der Waals surface area contributed by atoms with Gasteiger partial charge in [0.05, 0.1) is 11.9 Å². The summed E-state index contributed by atoms with van der Waals surface area (Å²) in [6.45, 7) is 2.05. The lowest BCUT2D eigenvalue weighted by Crippen LogP contribution is -1.99. The molecule has 1 unspecified atom stereocenters. The van der Waals surface area contributed by atoms with Crippen LogP contribution in [0, 0.1) is 6.92 Å². The summed E-state index contributed by atoms with van der Waals surface area (Å²) in [4.78, 5) is -0.0140. The molecule has 0 fully saturated rings. The maximum atomic E-state index is 6.08. The Balaban J connectivity index is 2.51. The van der Waals surface area contributed by atoms with Gasteiger partial charge in [0.25, 0.3) is 0 Å². The van der Waals surface area contributed by atoms with Crippen molar-refractivity contribution in [1.82, 2.24) is 0 Å². The summed E-state index contributed by atoms with van der Waals surface area (Å²) in [6, 6.07) is 11.4. The molecule has 2 aromatic carbocycles. The Morgan fingerprint density at radius 2 is 1.58 bits per heavy atom. The van der Waals surface area contributed by atoms with Gasteiger partial charge in [-0.15, -0.1) is 0 Å². The molecule has 0 aromatic heterocycles. The van der Waals surface area contributed by atoms with Crippen LogP contribution in [0.2, 0.25) is 10.0 Å². The van der Waals surface area contributed by atoms with E-state index in [2.05, 4.69) is 22.9 Å². The van der Waals surface area contributed by atoms with Crippen molar-refractivity contribution >= 4 is 39.1 Å². The molecule has 0 bridgehead atoms. The fourth-order valence-electron chi connectivity index (χ4n) is 1.96. The van der Waals surface area contributed by atoms with E-state index in [0.717, 1.165) is 22.4 Å². The molecular formula is C15H13BrCl2O. The van der Waals surface area contributed by atoms with Gasteiger partial charge in [0, 0.05) is 15.6 Å². The van der Waals surface area contributed by atoms with Crippen molar-refractivity contribution in [3.05, 3.63) is 63.1 Å². The van der Waals surface area contributed by atoms with Crippen molar-refractivity contribution in [2.75, 3.05) is 7.11 Å². The third kappa shape index (κ3) is 3.25. The molecule has 19 heavy (non-hydrogen) atoms. The second-order valence-electron chi connectivity index (χ2n) is 4.25. The summed E-state index contributed by atoms with van der Waals surface area (Å²) >= 11 is 15.9. The number of ether oxygens (including phenoxy) is 1. The minimum absolute atomic E-state index is 0.0140. The molecule has 0 spiro atoms. The van der Waals surface area contributed by atoms with Crippen LogP contribution in [0.5, 0.6) is 5.75 Å². The number of aryl methyl sites for hydroxylation is 1. The molecule has 0 aliphatic carbocycles. The summed E-state index contributed by atoms with van der Waals surface area (Å²) in [5, 5.41) is 1.39. The third-order valence-electron chi connectivity index (χ3n) is 2.98. The summed E-state index contributed by atoms with van der Waals surface area (Å²) in [5.74, 6) is 0.797. The van der Waals surface area contributed by atoms with Crippen molar-refractivity contribution in [3.8, 4) is 5.75 Å². The van der Waals surface area contributed by atoms with Gasteiger partial charge in [-0.25, -0.2) is 0 Å². The van der Waals surface area contributed by atoms with E-state index in [4.69, 9.17) is 27.9 Å². The van der Waals surface area contributed by atoms with E-state index >= 15 is 0 Å². The van der Waals surface area contributed by atoms with Crippen LogP contribution in [-0.2, 0) is 0 Å². The Kier molecular flexibility index (Phi) is 4.77. The Morgan fingerprint density at radius 1 is 1.00 bits per heavy atom. The van der Waals surface area contributed by atoms with Crippen molar-refractivity contribution in [3.63, 3.8) is 0 Å². The van der Waals surface area contributed by atoms with E-state index in [0.29, 0.717) is 10.0 Å². The van der Waals surface area contributed by atoms with Crippen LogP contribution in [0.1, 0.15) is 21.5 Å². The smallest absolute Gasteiger partial charge is 0.123 e. The molecule has 0 saturated heterocycles.